The summed E-state index contributed by atoms with van der Waals surface area (Å²) in [7, 11) is -1.87. The van der Waals surface area contributed by atoms with Crippen LogP contribution in [0.5, 0.6) is 5.75 Å². The molecule has 0 fully saturated rings. The van der Waals surface area contributed by atoms with E-state index in [1.165, 1.54) is 0 Å². The number of rotatable bonds is 8. The van der Waals surface area contributed by atoms with E-state index in [0.717, 1.165) is 18.7 Å². The Morgan fingerprint density at radius 1 is 1.21 bits per heavy atom. The molecule has 1 aromatic rings. The van der Waals surface area contributed by atoms with Crippen LogP contribution in [0.2, 0.25) is 0 Å². The molecule has 0 bridgehead atoms. The van der Waals surface area contributed by atoms with Crippen molar-refractivity contribution in [3.63, 3.8) is 0 Å². The van der Waals surface area contributed by atoms with Crippen LogP contribution in [0, 0.1) is 0 Å². The molecule has 0 saturated carbocycles. The first-order valence-electron chi connectivity index (χ1n) is 6.42. The molecule has 0 aromatic heterocycles. The van der Waals surface area contributed by atoms with E-state index in [9.17, 15) is 8.42 Å². The number of methoxy groups -OCH3 is 1. The summed E-state index contributed by atoms with van der Waals surface area (Å²) >= 11 is 0. The summed E-state index contributed by atoms with van der Waals surface area (Å²) < 4.78 is 31.9. The van der Waals surface area contributed by atoms with Gasteiger partial charge in [-0.3, -0.25) is 0 Å². The van der Waals surface area contributed by atoms with Crippen molar-refractivity contribution in [3.05, 3.63) is 23.8 Å². The zero-order valence-electron chi connectivity index (χ0n) is 11.7. The van der Waals surface area contributed by atoms with Gasteiger partial charge < -0.3 is 10.1 Å². The second-order valence-electron chi connectivity index (χ2n) is 4.08. The van der Waals surface area contributed by atoms with Gasteiger partial charge in [0.15, 0.2) is 0 Å². The van der Waals surface area contributed by atoms with Gasteiger partial charge in [-0.15, -0.1) is 0 Å². The van der Waals surface area contributed by atoms with Crippen LogP contribution in [0.4, 0.5) is 0 Å². The van der Waals surface area contributed by atoms with Gasteiger partial charge >= 0.3 is 0 Å². The first kappa shape index (κ1) is 15.9. The van der Waals surface area contributed by atoms with Crippen LogP contribution in [0.1, 0.15) is 19.4 Å². The summed E-state index contributed by atoms with van der Waals surface area (Å²) in [4.78, 5) is 0.327. The van der Waals surface area contributed by atoms with Crippen molar-refractivity contribution in [2.24, 2.45) is 0 Å². The number of benzene rings is 1. The molecule has 0 saturated heterocycles. The maximum Gasteiger partial charge on any atom is 0.240 e. The highest BCUT2D eigenvalue weighted by Crippen LogP contribution is 2.22. The van der Waals surface area contributed by atoms with E-state index in [2.05, 4.69) is 10.0 Å². The fourth-order valence-electron chi connectivity index (χ4n) is 1.81. The van der Waals surface area contributed by atoms with Crippen LogP contribution in [0.25, 0.3) is 0 Å². The van der Waals surface area contributed by atoms with Gasteiger partial charge in [0.25, 0.3) is 0 Å². The molecule has 0 aliphatic rings. The minimum atomic E-state index is -3.44. The molecule has 0 aliphatic carbocycles. The van der Waals surface area contributed by atoms with Crippen molar-refractivity contribution in [1.82, 2.24) is 10.0 Å². The first-order chi connectivity index (χ1) is 9.05. The normalized spacial score (nSPS) is 11.5. The summed E-state index contributed by atoms with van der Waals surface area (Å²) in [6.45, 7) is 5.75. The standard InChI is InChI=1S/C13H22N2O3S/c1-4-14-9-8-11-10-12(18-3)6-7-13(11)19(16,17)15-5-2/h6-7,10,14-15H,4-5,8-9H2,1-3H3. The highest BCUT2D eigenvalue weighted by atomic mass is 32.2. The Morgan fingerprint density at radius 3 is 2.53 bits per heavy atom. The van der Waals surface area contributed by atoms with Gasteiger partial charge in [-0.2, -0.15) is 0 Å². The third-order valence-electron chi connectivity index (χ3n) is 2.71. The van der Waals surface area contributed by atoms with E-state index in [1.54, 1.807) is 32.2 Å². The number of likely N-dealkylation sites (N-methyl/N-ethyl adjacent to an activating group) is 1. The predicted molar refractivity (Wildman–Crippen MR) is 76.1 cm³/mol. The lowest BCUT2D eigenvalue weighted by atomic mass is 10.1. The Balaban J connectivity index is 3.08. The van der Waals surface area contributed by atoms with Gasteiger partial charge in [0.2, 0.25) is 10.0 Å². The second-order valence-corrected chi connectivity index (χ2v) is 5.81. The molecule has 5 nitrogen and oxygen atoms in total. The average molecular weight is 286 g/mol. The van der Waals surface area contributed by atoms with Crippen LogP contribution in [0.3, 0.4) is 0 Å². The van der Waals surface area contributed by atoms with Crippen molar-refractivity contribution in [3.8, 4) is 5.75 Å². The van der Waals surface area contributed by atoms with Gasteiger partial charge in [0, 0.05) is 6.54 Å². The number of nitrogens with one attached hydrogen (secondary N) is 2. The van der Waals surface area contributed by atoms with E-state index in [4.69, 9.17) is 4.74 Å². The summed E-state index contributed by atoms with van der Waals surface area (Å²) in [5.74, 6) is 0.668. The van der Waals surface area contributed by atoms with Gasteiger partial charge in [0.1, 0.15) is 5.75 Å². The number of hydrogen-bond acceptors (Lipinski definition) is 4. The topological polar surface area (TPSA) is 67.4 Å². The largest absolute Gasteiger partial charge is 0.497 e. The lowest BCUT2D eigenvalue weighted by Crippen LogP contribution is -2.25. The minimum absolute atomic E-state index is 0.327. The minimum Gasteiger partial charge on any atom is -0.497 e. The third-order valence-corrected chi connectivity index (χ3v) is 4.36. The lowest BCUT2D eigenvalue weighted by Gasteiger charge is -2.12. The summed E-state index contributed by atoms with van der Waals surface area (Å²) in [6, 6.07) is 5.04. The smallest absolute Gasteiger partial charge is 0.240 e. The molecule has 0 radical (unpaired) electrons. The van der Waals surface area contributed by atoms with E-state index in [1.807, 2.05) is 6.92 Å². The van der Waals surface area contributed by atoms with E-state index in [-0.39, 0.29) is 0 Å². The Hall–Kier alpha value is -1.11. The summed E-state index contributed by atoms with van der Waals surface area (Å²) in [5, 5.41) is 3.19. The highest BCUT2D eigenvalue weighted by Gasteiger charge is 2.17. The lowest BCUT2D eigenvalue weighted by molar-refractivity contribution is 0.413. The zero-order chi connectivity index (χ0) is 14.3. The Labute approximate surface area is 115 Å². The van der Waals surface area contributed by atoms with Crippen molar-refractivity contribution in [2.75, 3.05) is 26.7 Å². The van der Waals surface area contributed by atoms with Crippen LogP contribution in [0.15, 0.2) is 23.1 Å². The van der Waals surface area contributed by atoms with E-state index in [0.29, 0.717) is 23.6 Å². The second kappa shape index (κ2) is 7.47. The van der Waals surface area contributed by atoms with Crippen molar-refractivity contribution in [2.45, 2.75) is 25.2 Å². The SMILES string of the molecule is CCNCCc1cc(OC)ccc1S(=O)(=O)NCC. The van der Waals surface area contributed by atoms with Crippen LogP contribution < -0.4 is 14.8 Å². The highest BCUT2D eigenvalue weighted by molar-refractivity contribution is 7.89. The molecule has 0 unspecified atom stereocenters. The Kier molecular flexibility index (Phi) is 6.27. The molecule has 19 heavy (non-hydrogen) atoms. The van der Waals surface area contributed by atoms with Crippen molar-refractivity contribution < 1.29 is 13.2 Å². The molecule has 6 heteroatoms. The van der Waals surface area contributed by atoms with Crippen LogP contribution >= 0.6 is 0 Å². The molecule has 1 rings (SSSR count). The van der Waals surface area contributed by atoms with Crippen molar-refractivity contribution >= 4 is 10.0 Å². The fourth-order valence-corrected chi connectivity index (χ4v) is 3.10. The fraction of sp³-hybridized carbons (Fsp3) is 0.538. The monoisotopic (exact) mass is 286 g/mol. The Morgan fingerprint density at radius 2 is 1.95 bits per heavy atom. The van der Waals surface area contributed by atoms with Gasteiger partial charge in [-0.1, -0.05) is 13.8 Å². The molecule has 108 valence electrons. The predicted octanol–water partition coefficient (Wildman–Crippen LogP) is 1.15. The van der Waals surface area contributed by atoms with Crippen molar-refractivity contribution in [1.29, 1.82) is 0 Å². The zero-order valence-corrected chi connectivity index (χ0v) is 12.5. The van der Waals surface area contributed by atoms with Gasteiger partial charge in [-0.05, 0) is 43.3 Å². The third kappa shape index (κ3) is 4.49. The summed E-state index contributed by atoms with van der Waals surface area (Å²) in [6.07, 6.45) is 0.644. The maximum atomic E-state index is 12.1. The number of sulfonamides is 1. The van der Waals surface area contributed by atoms with Crippen LogP contribution in [-0.4, -0.2) is 35.2 Å². The molecule has 2 N–H and O–H groups in total. The quantitative estimate of drug-likeness (QED) is 0.703. The molecular formula is C13H22N2O3S. The van der Waals surface area contributed by atoms with Gasteiger partial charge in [0.05, 0.1) is 12.0 Å². The van der Waals surface area contributed by atoms with E-state index < -0.39 is 10.0 Å². The van der Waals surface area contributed by atoms with Gasteiger partial charge in [-0.25, -0.2) is 13.1 Å². The molecule has 0 spiro atoms. The maximum absolute atomic E-state index is 12.1. The molecule has 0 amide bonds. The average Bonchev–Trinajstić information content (AvgIpc) is 2.38. The molecule has 0 atom stereocenters. The van der Waals surface area contributed by atoms with E-state index >= 15 is 0 Å². The van der Waals surface area contributed by atoms with Crippen LogP contribution in [-0.2, 0) is 16.4 Å². The summed E-state index contributed by atoms with van der Waals surface area (Å²) in [5.41, 5.74) is 0.765. The molecule has 0 heterocycles. The number of hydrogen-bond donors (Lipinski definition) is 2. The molecule has 1 aromatic carbocycles. The molecule has 0 aliphatic heterocycles. The first-order valence-corrected chi connectivity index (χ1v) is 7.90. The molecular weight excluding hydrogens is 264 g/mol. The Bertz CT molecular complexity index is 501. The number of ether oxygens (including phenoxy) is 1.